The fraction of sp³-hybridized carbons (Fsp3) is 0.636. The number of aliphatic hydroxyl groups excluding tert-OH is 1. The van der Waals surface area contributed by atoms with Crippen molar-refractivity contribution in [2.75, 3.05) is 18.9 Å². The SMILES string of the molecule is Cc1cn([C@@H]2O[C@@]3(COP(=O)(O)OP(=O)(O)OP(=O)(O)O)COC2[C@H]3O)c(=O)nc1N. The van der Waals surface area contributed by atoms with Gasteiger partial charge in [0.05, 0.1) is 13.2 Å². The van der Waals surface area contributed by atoms with E-state index in [1.165, 1.54) is 6.20 Å². The van der Waals surface area contributed by atoms with Crippen LogP contribution in [0.1, 0.15) is 11.8 Å². The van der Waals surface area contributed by atoms with Crippen LogP contribution in [0.3, 0.4) is 0 Å². The third-order valence-electron chi connectivity index (χ3n) is 4.34. The van der Waals surface area contributed by atoms with E-state index in [2.05, 4.69) is 18.1 Å². The number of nitrogens with two attached hydrogens (primary N) is 1. The van der Waals surface area contributed by atoms with Gasteiger partial charge in [0.25, 0.3) is 0 Å². The minimum atomic E-state index is -5.71. The molecule has 31 heavy (non-hydrogen) atoms. The molecule has 3 unspecified atom stereocenters. The van der Waals surface area contributed by atoms with Crippen molar-refractivity contribution in [1.82, 2.24) is 9.55 Å². The number of aliphatic hydroxyl groups is 1. The van der Waals surface area contributed by atoms with Gasteiger partial charge in [-0.15, -0.1) is 0 Å². The van der Waals surface area contributed by atoms with Crippen molar-refractivity contribution in [3.63, 3.8) is 0 Å². The molecule has 0 radical (unpaired) electrons. The van der Waals surface area contributed by atoms with Crippen LogP contribution in [0.4, 0.5) is 5.82 Å². The lowest BCUT2D eigenvalue weighted by Crippen LogP contribution is -2.45. The van der Waals surface area contributed by atoms with Crippen LogP contribution < -0.4 is 11.4 Å². The maximum Gasteiger partial charge on any atom is 0.490 e. The summed E-state index contributed by atoms with van der Waals surface area (Å²) in [7, 11) is -16.7. The first-order valence-electron chi connectivity index (χ1n) is 8.15. The van der Waals surface area contributed by atoms with Crippen LogP contribution in [-0.4, -0.2) is 65.3 Å². The Morgan fingerprint density at radius 2 is 1.90 bits per heavy atom. The minimum Gasteiger partial charge on any atom is -0.387 e. The van der Waals surface area contributed by atoms with Gasteiger partial charge in [-0.25, -0.2) is 18.5 Å². The summed E-state index contributed by atoms with van der Waals surface area (Å²) in [5, 5.41) is 10.5. The zero-order chi connectivity index (χ0) is 23.4. The van der Waals surface area contributed by atoms with Crippen molar-refractivity contribution in [3.8, 4) is 0 Å². The van der Waals surface area contributed by atoms with Gasteiger partial charge >= 0.3 is 29.2 Å². The van der Waals surface area contributed by atoms with E-state index in [1.807, 2.05) is 0 Å². The number of phosphoric ester groups is 1. The molecule has 20 heteroatoms. The van der Waals surface area contributed by atoms with Crippen LogP contribution in [-0.2, 0) is 36.3 Å². The molecule has 0 spiro atoms. The largest absolute Gasteiger partial charge is 0.490 e. The third kappa shape index (κ3) is 5.31. The lowest BCUT2D eigenvalue weighted by molar-refractivity contribution is -0.186. The van der Waals surface area contributed by atoms with Crippen LogP contribution >= 0.6 is 23.5 Å². The molecule has 176 valence electrons. The number of nitrogen functional groups attached to an aromatic ring is 1. The Labute approximate surface area is 172 Å². The second kappa shape index (κ2) is 8.08. The van der Waals surface area contributed by atoms with E-state index >= 15 is 0 Å². The zero-order valence-electron chi connectivity index (χ0n) is 15.4. The molecule has 17 nitrogen and oxygen atoms in total. The van der Waals surface area contributed by atoms with E-state index < -0.39 is 59.8 Å². The molecule has 7 N–H and O–H groups in total. The van der Waals surface area contributed by atoms with Crippen molar-refractivity contribution in [3.05, 3.63) is 22.2 Å². The Bertz CT molecular complexity index is 1070. The van der Waals surface area contributed by atoms with Crippen LogP contribution in [0, 0.1) is 6.92 Å². The van der Waals surface area contributed by atoms with Crippen LogP contribution in [0.15, 0.2) is 11.0 Å². The third-order valence-corrected chi connectivity index (χ3v) is 8.13. The lowest BCUT2D eigenvalue weighted by Gasteiger charge is -2.31. The van der Waals surface area contributed by atoms with Gasteiger partial charge in [0.1, 0.15) is 23.6 Å². The predicted octanol–water partition coefficient (Wildman–Crippen LogP) is -1.50. The molecule has 2 saturated heterocycles. The van der Waals surface area contributed by atoms with Gasteiger partial charge in [-0.1, -0.05) is 0 Å². The molecule has 0 aliphatic carbocycles. The van der Waals surface area contributed by atoms with Gasteiger partial charge in [-0.2, -0.15) is 13.6 Å². The number of fused-ring (bicyclic) bond motifs is 2. The number of anilines is 1. The van der Waals surface area contributed by atoms with Gasteiger partial charge in [-0.3, -0.25) is 9.09 Å². The second-order valence-electron chi connectivity index (χ2n) is 6.66. The van der Waals surface area contributed by atoms with Crippen molar-refractivity contribution in [2.24, 2.45) is 0 Å². The number of hydrogen-bond donors (Lipinski definition) is 6. The monoisotopic (exact) mass is 509 g/mol. The van der Waals surface area contributed by atoms with E-state index in [9.17, 15) is 33.4 Å². The van der Waals surface area contributed by atoms with E-state index in [0.717, 1.165) is 4.57 Å². The molecule has 6 atom stereocenters. The van der Waals surface area contributed by atoms with Crippen molar-refractivity contribution in [2.45, 2.75) is 31.0 Å². The Hall–Kier alpha value is -1.03. The molecule has 0 saturated carbocycles. The van der Waals surface area contributed by atoms with Gasteiger partial charge in [0, 0.05) is 11.8 Å². The fourth-order valence-corrected chi connectivity index (χ4v) is 6.07. The smallest absolute Gasteiger partial charge is 0.387 e. The summed E-state index contributed by atoms with van der Waals surface area (Å²) < 4.78 is 57.7. The van der Waals surface area contributed by atoms with Crippen molar-refractivity contribution < 1.29 is 61.0 Å². The summed E-state index contributed by atoms with van der Waals surface area (Å²) in [5.74, 6) is -0.0201. The predicted molar refractivity (Wildman–Crippen MR) is 96.1 cm³/mol. The molecule has 3 heterocycles. The van der Waals surface area contributed by atoms with E-state index in [4.69, 9.17) is 25.0 Å². The first-order valence-corrected chi connectivity index (χ1v) is 12.7. The topological polar surface area (TPSA) is 259 Å². The number of nitrogens with zero attached hydrogens (tertiary/aromatic N) is 2. The molecule has 1 aromatic rings. The average Bonchev–Trinajstić information content (AvgIpc) is 3.03. The maximum atomic E-state index is 12.1. The number of hydrogen-bond acceptors (Lipinski definition) is 12. The summed E-state index contributed by atoms with van der Waals surface area (Å²) >= 11 is 0. The fourth-order valence-electron chi connectivity index (χ4n) is 2.99. The Balaban J connectivity index is 1.75. The molecule has 2 aliphatic rings. The highest BCUT2D eigenvalue weighted by atomic mass is 31.3. The highest BCUT2D eigenvalue weighted by Gasteiger charge is 2.63. The van der Waals surface area contributed by atoms with E-state index in [1.54, 1.807) is 6.92 Å². The quantitative estimate of drug-likeness (QED) is 0.218. The molecule has 2 aliphatic heterocycles. The van der Waals surface area contributed by atoms with Crippen molar-refractivity contribution >= 4 is 29.3 Å². The second-order valence-corrected chi connectivity index (χ2v) is 11.1. The maximum absolute atomic E-state index is 12.1. The summed E-state index contributed by atoms with van der Waals surface area (Å²) in [6.07, 6.45) is -2.49. The van der Waals surface area contributed by atoms with Crippen LogP contribution in [0.2, 0.25) is 0 Å². The summed E-state index contributed by atoms with van der Waals surface area (Å²) in [6.45, 7) is 0.260. The molecule has 2 fully saturated rings. The summed E-state index contributed by atoms with van der Waals surface area (Å²) in [6, 6.07) is 0. The Kier molecular flexibility index (Phi) is 6.41. The van der Waals surface area contributed by atoms with Gasteiger partial charge in [0.2, 0.25) is 0 Å². The number of ether oxygens (including phenoxy) is 2. The van der Waals surface area contributed by atoms with Gasteiger partial charge in [0.15, 0.2) is 6.23 Å². The first-order chi connectivity index (χ1) is 14.0. The Morgan fingerprint density at radius 3 is 2.52 bits per heavy atom. The number of rotatable bonds is 8. The van der Waals surface area contributed by atoms with Crippen LogP contribution in [0.5, 0.6) is 0 Å². The van der Waals surface area contributed by atoms with Gasteiger partial charge < -0.3 is 39.9 Å². The normalized spacial score (nSPS) is 32.0. The summed E-state index contributed by atoms with van der Waals surface area (Å²) in [4.78, 5) is 51.6. The first kappa shape index (κ1) is 24.6. The molecular formula is C11H18N3O14P3. The highest BCUT2D eigenvalue weighted by molar-refractivity contribution is 7.66. The zero-order valence-corrected chi connectivity index (χ0v) is 18.1. The van der Waals surface area contributed by atoms with E-state index in [-0.39, 0.29) is 12.4 Å². The number of phosphoric acid groups is 3. The molecule has 0 amide bonds. The minimum absolute atomic E-state index is 0.0201. The average molecular weight is 509 g/mol. The molecule has 1 aromatic heterocycles. The lowest BCUT2D eigenvalue weighted by atomic mass is 10.0. The number of aromatic nitrogens is 2. The molecule has 2 bridgehead atoms. The molecule has 3 rings (SSSR count). The number of aryl methyl sites for hydroxylation is 1. The Morgan fingerprint density at radius 1 is 1.26 bits per heavy atom. The molecule has 0 aromatic carbocycles. The van der Waals surface area contributed by atoms with Crippen molar-refractivity contribution in [1.29, 1.82) is 0 Å². The summed E-state index contributed by atoms with van der Waals surface area (Å²) in [5.41, 5.74) is 3.36. The van der Waals surface area contributed by atoms with E-state index in [0.29, 0.717) is 5.56 Å². The molecular weight excluding hydrogens is 491 g/mol. The van der Waals surface area contributed by atoms with Crippen LogP contribution in [0.25, 0.3) is 0 Å². The van der Waals surface area contributed by atoms with Gasteiger partial charge in [-0.05, 0) is 6.92 Å². The standard InChI is InChI=1S/C11H18N3O14P3/c1-5-2-14(10(16)13-8(5)12)9-6-7(15)11(26-9,3-24-6)4-25-30(20,21)28-31(22,23)27-29(17,18)19/h2,6-7,9,15H,3-4H2,1H3,(H,20,21)(H,22,23)(H2,12,13,16)(H2,17,18,19)/t6?,7-,9-,11-/m1/s1. The highest BCUT2D eigenvalue weighted by Crippen LogP contribution is 2.66.